The van der Waals surface area contributed by atoms with Crippen LogP contribution in [0.1, 0.15) is 11.1 Å². The summed E-state index contributed by atoms with van der Waals surface area (Å²) in [6, 6.07) is 9.34. The van der Waals surface area contributed by atoms with E-state index in [0.29, 0.717) is 16.7 Å². The number of hydrogen-bond acceptors (Lipinski definition) is 1. The lowest BCUT2D eigenvalue weighted by Gasteiger charge is -2.11. The summed E-state index contributed by atoms with van der Waals surface area (Å²) >= 11 is 3.28. The Balaban J connectivity index is 2.19. The molecule has 0 fully saturated rings. The average Bonchev–Trinajstić information content (AvgIpc) is 2.33. The summed E-state index contributed by atoms with van der Waals surface area (Å²) in [6.45, 7) is 2.27. The van der Waals surface area contributed by atoms with Crippen LogP contribution >= 0.6 is 15.9 Å². The molecular weight excluding hydrogens is 300 g/mol. The molecule has 2 aromatic carbocycles. The third-order valence-electron chi connectivity index (χ3n) is 2.73. The third-order valence-corrected chi connectivity index (χ3v) is 3.39. The van der Waals surface area contributed by atoms with E-state index in [9.17, 15) is 8.78 Å². The normalized spacial score (nSPS) is 10.4. The maximum atomic E-state index is 13.6. The van der Waals surface area contributed by atoms with Crippen LogP contribution in [0.3, 0.4) is 0 Å². The molecule has 1 N–H and O–H groups in total. The van der Waals surface area contributed by atoms with Crippen LogP contribution in [0.5, 0.6) is 0 Å². The van der Waals surface area contributed by atoms with Crippen LogP contribution in [0.25, 0.3) is 0 Å². The Morgan fingerprint density at radius 2 is 1.94 bits per heavy atom. The van der Waals surface area contributed by atoms with Crippen molar-refractivity contribution >= 4 is 21.6 Å². The van der Waals surface area contributed by atoms with Crippen molar-refractivity contribution in [1.82, 2.24) is 0 Å². The van der Waals surface area contributed by atoms with Crippen molar-refractivity contribution in [3.8, 4) is 0 Å². The van der Waals surface area contributed by atoms with Gasteiger partial charge in [-0.1, -0.05) is 12.1 Å². The number of benzene rings is 2. The van der Waals surface area contributed by atoms with Gasteiger partial charge >= 0.3 is 0 Å². The minimum atomic E-state index is -0.335. The molecule has 4 heteroatoms. The van der Waals surface area contributed by atoms with E-state index in [1.165, 1.54) is 18.2 Å². The second kappa shape index (κ2) is 5.48. The maximum absolute atomic E-state index is 13.6. The molecule has 0 aliphatic rings. The Kier molecular flexibility index (Phi) is 3.97. The van der Waals surface area contributed by atoms with Crippen molar-refractivity contribution < 1.29 is 8.78 Å². The molecule has 2 aromatic rings. The first-order valence-electron chi connectivity index (χ1n) is 5.51. The van der Waals surface area contributed by atoms with E-state index in [4.69, 9.17) is 0 Å². The fourth-order valence-corrected chi connectivity index (χ4v) is 2.16. The minimum absolute atomic E-state index is 0.287. The number of hydrogen-bond donors (Lipinski definition) is 1. The van der Waals surface area contributed by atoms with Crippen molar-refractivity contribution in [3.05, 3.63) is 63.6 Å². The van der Waals surface area contributed by atoms with Gasteiger partial charge in [-0.25, -0.2) is 8.78 Å². The first-order valence-corrected chi connectivity index (χ1v) is 6.30. The van der Waals surface area contributed by atoms with Crippen molar-refractivity contribution in [2.75, 3.05) is 5.32 Å². The highest BCUT2D eigenvalue weighted by Crippen LogP contribution is 2.26. The zero-order valence-electron chi connectivity index (χ0n) is 9.81. The van der Waals surface area contributed by atoms with E-state index >= 15 is 0 Å². The molecule has 0 aliphatic heterocycles. The molecule has 2 rings (SSSR count). The standard InChI is InChI=1S/C14H12BrF2N/c1-9-5-6-11(16)7-10(9)8-18-14-12(15)3-2-4-13(14)17/h2-7,18H,8H2,1H3. The van der Waals surface area contributed by atoms with Gasteiger partial charge in [-0.05, 0) is 58.2 Å². The van der Waals surface area contributed by atoms with Crippen molar-refractivity contribution in [1.29, 1.82) is 0 Å². The quantitative estimate of drug-likeness (QED) is 0.870. The summed E-state index contributed by atoms with van der Waals surface area (Å²) in [6.07, 6.45) is 0. The molecule has 18 heavy (non-hydrogen) atoms. The molecule has 0 unspecified atom stereocenters. The smallest absolute Gasteiger partial charge is 0.147 e. The van der Waals surface area contributed by atoms with E-state index in [-0.39, 0.29) is 11.6 Å². The summed E-state index contributed by atoms with van der Waals surface area (Å²) in [5, 5.41) is 2.98. The number of para-hydroxylation sites is 1. The first kappa shape index (κ1) is 13.0. The van der Waals surface area contributed by atoms with E-state index in [1.54, 1.807) is 18.2 Å². The van der Waals surface area contributed by atoms with Crippen molar-refractivity contribution in [2.45, 2.75) is 13.5 Å². The van der Waals surface area contributed by atoms with Crippen LogP contribution in [-0.2, 0) is 6.54 Å². The van der Waals surface area contributed by atoms with Crippen LogP contribution in [0, 0.1) is 18.6 Å². The summed E-state index contributed by atoms with van der Waals surface area (Å²) in [5.74, 6) is -0.622. The monoisotopic (exact) mass is 311 g/mol. The van der Waals surface area contributed by atoms with E-state index in [0.717, 1.165) is 11.1 Å². The van der Waals surface area contributed by atoms with Gasteiger partial charge in [0.1, 0.15) is 11.6 Å². The Bertz CT molecular complexity index is 549. The fourth-order valence-electron chi connectivity index (χ4n) is 1.68. The molecular formula is C14H12BrF2N. The second-order valence-corrected chi connectivity index (χ2v) is 4.88. The molecule has 0 heterocycles. The molecule has 0 aliphatic carbocycles. The van der Waals surface area contributed by atoms with Gasteiger partial charge in [0.2, 0.25) is 0 Å². The Morgan fingerprint density at radius 1 is 1.17 bits per heavy atom. The van der Waals surface area contributed by atoms with Gasteiger partial charge in [0.05, 0.1) is 5.69 Å². The zero-order chi connectivity index (χ0) is 13.1. The van der Waals surface area contributed by atoms with Crippen molar-refractivity contribution in [3.63, 3.8) is 0 Å². The number of halogens is 3. The SMILES string of the molecule is Cc1ccc(F)cc1CNc1c(F)cccc1Br. The van der Waals surface area contributed by atoms with Gasteiger partial charge < -0.3 is 5.32 Å². The lowest BCUT2D eigenvalue weighted by molar-refractivity contribution is 0.624. The van der Waals surface area contributed by atoms with Gasteiger partial charge in [0.15, 0.2) is 0 Å². The predicted molar refractivity (Wildman–Crippen MR) is 72.6 cm³/mol. The number of rotatable bonds is 3. The molecule has 0 saturated heterocycles. The van der Waals surface area contributed by atoms with Gasteiger partial charge in [0.25, 0.3) is 0 Å². The molecule has 0 spiro atoms. The molecule has 0 saturated carbocycles. The number of anilines is 1. The van der Waals surface area contributed by atoms with Gasteiger partial charge in [-0.3, -0.25) is 0 Å². The molecule has 0 atom stereocenters. The highest BCUT2D eigenvalue weighted by molar-refractivity contribution is 9.10. The summed E-state index contributed by atoms with van der Waals surface area (Å²) in [7, 11) is 0. The lowest BCUT2D eigenvalue weighted by atomic mass is 10.1. The maximum Gasteiger partial charge on any atom is 0.147 e. The highest BCUT2D eigenvalue weighted by Gasteiger charge is 2.07. The van der Waals surface area contributed by atoms with Crippen LogP contribution in [0.4, 0.5) is 14.5 Å². The largest absolute Gasteiger partial charge is 0.378 e. The minimum Gasteiger partial charge on any atom is -0.378 e. The summed E-state index contributed by atoms with van der Waals surface area (Å²) < 4.78 is 27.3. The van der Waals surface area contributed by atoms with E-state index in [2.05, 4.69) is 21.2 Å². The summed E-state index contributed by atoms with van der Waals surface area (Å²) in [4.78, 5) is 0. The Morgan fingerprint density at radius 3 is 2.67 bits per heavy atom. The fraction of sp³-hybridized carbons (Fsp3) is 0.143. The topological polar surface area (TPSA) is 12.0 Å². The van der Waals surface area contributed by atoms with Crippen molar-refractivity contribution in [2.24, 2.45) is 0 Å². The molecule has 0 aromatic heterocycles. The molecule has 0 bridgehead atoms. The highest BCUT2D eigenvalue weighted by atomic mass is 79.9. The van der Waals surface area contributed by atoms with Gasteiger partial charge in [0, 0.05) is 11.0 Å². The Hall–Kier alpha value is -1.42. The van der Waals surface area contributed by atoms with Gasteiger partial charge in [-0.2, -0.15) is 0 Å². The lowest BCUT2D eigenvalue weighted by Crippen LogP contribution is -2.04. The molecule has 0 radical (unpaired) electrons. The molecule has 1 nitrogen and oxygen atoms in total. The first-order chi connectivity index (χ1) is 8.58. The average molecular weight is 312 g/mol. The Labute approximate surface area is 113 Å². The molecule has 0 amide bonds. The third kappa shape index (κ3) is 2.88. The van der Waals surface area contributed by atoms with Crippen LogP contribution in [0.15, 0.2) is 40.9 Å². The van der Waals surface area contributed by atoms with E-state index in [1.807, 2.05) is 6.92 Å². The van der Waals surface area contributed by atoms with Gasteiger partial charge in [-0.15, -0.1) is 0 Å². The molecule has 94 valence electrons. The van der Waals surface area contributed by atoms with Crippen LogP contribution in [-0.4, -0.2) is 0 Å². The number of nitrogens with one attached hydrogen (secondary N) is 1. The zero-order valence-corrected chi connectivity index (χ0v) is 11.4. The van der Waals surface area contributed by atoms with Crippen LogP contribution in [0.2, 0.25) is 0 Å². The predicted octanol–water partition coefficient (Wildman–Crippen LogP) is 4.65. The number of aryl methyl sites for hydroxylation is 1. The summed E-state index contributed by atoms with van der Waals surface area (Å²) in [5.41, 5.74) is 2.17. The van der Waals surface area contributed by atoms with E-state index < -0.39 is 0 Å². The second-order valence-electron chi connectivity index (χ2n) is 4.02. The van der Waals surface area contributed by atoms with Crippen LogP contribution < -0.4 is 5.32 Å².